The van der Waals surface area contributed by atoms with E-state index in [0.29, 0.717) is 40.5 Å². The van der Waals surface area contributed by atoms with Crippen molar-refractivity contribution >= 4 is 38.9 Å². The van der Waals surface area contributed by atoms with Gasteiger partial charge in [-0.3, -0.25) is 4.18 Å². The number of hydrogen-bond donors (Lipinski definition) is 1. The fourth-order valence-corrected chi connectivity index (χ4v) is 5.29. The molecule has 12 heteroatoms. The number of ether oxygens (including phenoxy) is 1. The second kappa shape index (κ2) is 12.5. The quantitative estimate of drug-likeness (QED) is 0.150. The van der Waals surface area contributed by atoms with Crippen molar-refractivity contribution in [3.8, 4) is 17.0 Å². The number of aryl methyl sites for hydroxylation is 1. The topological polar surface area (TPSA) is 134 Å². The van der Waals surface area contributed by atoms with Crippen LogP contribution < -0.4 is 4.74 Å². The minimum absolute atomic E-state index is 0.00715. The maximum Gasteiger partial charge on any atom is 0.374 e. The molecule has 1 fully saturated rings. The summed E-state index contributed by atoms with van der Waals surface area (Å²) in [5.74, 6) is -0.256. The molecule has 5 rings (SSSR count). The van der Waals surface area contributed by atoms with Crippen molar-refractivity contribution in [2.75, 3.05) is 19.5 Å². The molecule has 0 spiro atoms. The van der Waals surface area contributed by atoms with Gasteiger partial charge in [0, 0.05) is 23.6 Å². The average Bonchev–Trinajstić information content (AvgIpc) is 3.67. The van der Waals surface area contributed by atoms with Crippen LogP contribution in [0.3, 0.4) is 0 Å². The van der Waals surface area contributed by atoms with Crippen LogP contribution in [0.4, 0.5) is 0 Å². The van der Waals surface area contributed by atoms with Crippen LogP contribution in [0.15, 0.2) is 48.8 Å². The number of nitrogens with zero attached hydrogens (tertiary/aromatic N) is 4. The Bertz CT molecular complexity index is 1650. The number of imidazole rings is 1. The molecule has 216 valence electrons. The fraction of sp³-hybridized carbons (Fsp3) is 0.379. The zero-order valence-electron chi connectivity index (χ0n) is 22.6. The molecule has 0 amide bonds. The monoisotopic (exact) mass is 598 g/mol. The van der Waals surface area contributed by atoms with Gasteiger partial charge >= 0.3 is 5.97 Å². The molecular formula is C29H31ClN4O6S. The lowest BCUT2D eigenvalue weighted by Crippen LogP contribution is -2.10. The van der Waals surface area contributed by atoms with Crippen LogP contribution in [0.5, 0.6) is 5.75 Å². The highest BCUT2D eigenvalue weighted by Crippen LogP contribution is 2.38. The van der Waals surface area contributed by atoms with Crippen molar-refractivity contribution in [3.05, 3.63) is 70.8 Å². The Hall–Kier alpha value is -3.54. The third-order valence-electron chi connectivity index (χ3n) is 6.87. The molecule has 41 heavy (non-hydrogen) atoms. The minimum Gasteiger partial charge on any atom is -0.493 e. The molecule has 1 N–H and O–H groups in total. The molecule has 1 saturated carbocycles. The van der Waals surface area contributed by atoms with Gasteiger partial charge in [-0.25, -0.2) is 19.7 Å². The zero-order chi connectivity index (χ0) is 29.0. The Morgan fingerprint density at radius 3 is 2.59 bits per heavy atom. The highest BCUT2D eigenvalue weighted by Gasteiger charge is 2.24. The second-order valence-electron chi connectivity index (χ2n) is 10.2. The van der Waals surface area contributed by atoms with Crippen molar-refractivity contribution in [2.45, 2.75) is 45.1 Å². The molecule has 0 atom stereocenters. The SMILES string of the molecule is CS(=O)(=O)OCCCOc1c(CCCC2CC2)cccc1-c1nc(C(=O)O)nc2ncn(Cc3ccc(Cl)cc3)c12. The number of rotatable bonds is 14. The molecular weight excluding hydrogens is 568 g/mol. The second-order valence-corrected chi connectivity index (χ2v) is 12.3. The maximum atomic E-state index is 12.0. The summed E-state index contributed by atoms with van der Waals surface area (Å²) in [6.45, 7) is 0.634. The summed E-state index contributed by atoms with van der Waals surface area (Å²) in [4.78, 5) is 25.1. The summed E-state index contributed by atoms with van der Waals surface area (Å²) in [5, 5.41) is 10.4. The van der Waals surface area contributed by atoms with Crippen LogP contribution in [0, 0.1) is 5.92 Å². The van der Waals surface area contributed by atoms with Gasteiger partial charge in [0.05, 0.1) is 25.8 Å². The van der Waals surface area contributed by atoms with Crippen LogP contribution in [0.1, 0.15) is 53.8 Å². The van der Waals surface area contributed by atoms with Gasteiger partial charge in [0.2, 0.25) is 5.82 Å². The Balaban J connectivity index is 1.55. The lowest BCUT2D eigenvalue weighted by atomic mass is 10.00. The van der Waals surface area contributed by atoms with E-state index in [0.717, 1.165) is 42.6 Å². The van der Waals surface area contributed by atoms with E-state index in [1.165, 1.54) is 12.8 Å². The third kappa shape index (κ3) is 7.60. The van der Waals surface area contributed by atoms with Crippen LogP contribution in [-0.4, -0.2) is 58.5 Å². The molecule has 1 aliphatic carbocycles. The maximum absolute atomic E-state index is 12.0. The highest BCUT2D eigenvalue weighted by molar-refractivity contribution is 7.85. The van der Waals surface area contributed by atoms with Crippen molar-refractivity contribution < 1.29 is 27.2 Å². The number of carbonyl (C=O) groups is 1. The lowest BCUT2D eigenvalue weighted by molar-refractivity contribution is 0.0684. The van der Waals surface area contributed by atoms with Gasteiger partial charge in [-0.1, -0.05) is 55.1 Å². The fourth-order valence-electron chi connectivity index (χ4n) is 4.74. The van der Waals surface area contributed by atoms with Gasteiger partial charge in [0.15, 0.2) is 5.65 Å². The van der Waals surface area contributed by atoms with Crippen LogP contribution in [0.25, 0.3) is 22.4 Å². The molecule has 0 bridgehead atoms. The Morgan fingerprint density at radius 2 is 1.88 bits per heavy atom. The van der Waals surface area contributed by atoms with Crippen LogP contribution in [-0.2, 0) is 27.3 Å². The molecule has 1 aliphatic rings. The number of hydrogen-bond acceptors (Lipinski definition) is 8. The van der Waals surface area contributed by atoms with Gasteiger partial charge in [-0.15, -0.1) is 0 Å². The van der Waals surface area contributed by atoms with E-state index >= 15 is 0 Å². The lowest BCUT2D eigenvalue weighted by Gasteiger charge is -2.17. The van der Waals surface area contributed by atoms with E-state index < -0.39 is 16.1 Å². The summed E-state index contributed by atoms with van der Waals surface area (Å²) in [6, 6.07) is 13.2. The first-order chi connectivity index (χ1) is 19.7. The summed E-state index contributed by atoms with van der Waals surface area (Å²) in [6.07, 6.45) is 8.44. The summed E-state index contributed by atoms with van der Waals surface area (Å²) in [7, 11) is -3.55. The number of carboxylic acid groups (broad SMARTS) is 1. The predicted molar refractivity (Wildman–Crippen MR) is 155 cm³/mol. The van der Waals surface area contributed by atoms with Crippen molar-refractivity contribution in [1.29, 1.82) is 0 Å². The highest BCUT2D eigenvalue weighted by atomic mass is 35.5. The van der Waals surface area contributed by atoms with Gasteiger partial charge < -0.3 is 14.4 Å². The van der Waals surface area contributed by atoms with E-state index in [4.69, 9.17) is 20.5 Å². The minimum atomic E-state index is -3.55. The number of fused-ring (bicyclic) bond motifs is 1. The Morgan fingerprint density at radius 1 is 1.10 bits per heavy atom. The number of benzene rings is 2. The molecule has 10 nitrogen and oxygen atoms in total. The predicted octanol–water partition coefficient (Wildman–Crippen LogP) is 5.37. The first-order valence-corrected chi connectivity index (χ1v) is 15.7. The Kier molecular flexibility index (Phi) is 8.86. The smallest absolute Gasteiger partial charge is 0.374 e. The van der Waals surface area contributed by atoms with Crippen molar-refractivity contribution in [3.63, 3.8) is 0 Å². The van der Waals surface area contributed by atoms with E-state index in [1.807, 2.05) is 34.9 Å². The average molecular weight is 599 g/mol. The summed E-state index contributed by atoms with van der Waals surface area (Å²) < 4.78 is 35.7. The van der Waals surface area contributed by atoms with Gasteiger partial charge in [0.1, 0.15) is 17.0 Å². The molecule has 0 aliphatic heterocycles. The number of para-hydroxylation sites is 1. The van der Waals surface area contributed by atoms with E-state index in [9.17, 15) is 18.3 Å². The number of aromatic nitrogens is 4. The number of aromatic carboxylic acids is 1. The number of carboxylic acids is 1. The zero-order valence-corrected chi connectivity index (χ0v) is 24.2. The molecule has 0 unspecified atom stereocenters. The van der Waals surface area contributed by atoms with Crippen LogP contribution in [0.2, 0.25) is 5.02 Å². The van der Waals surface area contributed by atoms with Crippen LogP contribution >= 0.6 is 11.6 Å². The normalized spacial score (nSPS) is 13.5. The standard InChI is InChI=1S/C29H31ClN4O6S/c1-41(37,38)40-16-4-15-39-26-21(6-2-5-19-9-10-19)7-3-8-23(26)24-25-27(33-28(32-24)29(35)36)31-18-34(25)17-20-11-13-22(30)14-12-20/h3,7-8,11-14,18-19H,2,4-6,9-10,15-17H2,1H3,(H,35,36). The number of halogens is 1. The molecule has 0 radical (unpaired) electrons. The molecule has 0 saturated heterocycles. The van der Waals surface area contributed by atoms with E-state index in [2.05, 4.69) is 15.0 Å². The molecule has 2 aromatic heterocycles. The van der Waals surface area contributed by atoms with Crippen molar-refractivity contribution in [1.82, 2.24) is 19.5 Å². The van der Waals surface area contributed by atoms with Gasteiger partial charge in [-0.2, -0.15) is 8.42 Å². The molecule has 4 aromatic rings. The molecule has 2 aromatic carbocycles. The largest absolute Gasteiger partial charge is 0.493 e. The van der Waals surface area contributed by atoms with Gasteiger partial charge in [-0.05, 0) is 48.1 Å². The van der Waals surface area contributed by atoms with E-state index in [1.54, 1.807) is 18.5 Å². The summed E-state index contributed by atoms with van der Waals surface area (Å²) in [5.41, 5.74) is 3.78. The Labute approximate surface area is 243 Å². The third-order valence-corrected chi connectivity index (χ3v) is 7.72. The van der Waals surface area contributed by atoms with Crippen molar-refractivity contribution in [2.24, 2.45) is 5.92 Å². The van der Waals surface area contributed by atoms with Gasteiger partial charge in [0.25, 0.3) is 10.1 Å². The van der Waals surface area contributed by atoms with E-state index in [-0.39, 0.29) is 24.7 Å². The first-order valence-electron chi connectivity index (χ1n) is 13.5. The first kappa shape index (κ1) is 29.0. The summed E-state index contributed by atoms with van der Waals surface area (Å²) >= 11 is 6.07. The molecule has 2 heterocycles.